The van der Waals surface area contributed by atoms with Crippen molar-refractivity contribution in [3.63, 3.8) is 0 Å². The maximum Gasteiger partial charge on any atom is 0.265 e. The largest absolute Gasteiger partial charge is 0.443 e. The molecule has 0 fully saturated rings. The molecule has 3 rings (SSSR count). The van der Waals surface area contributed by atoms with E-state index in [0.717, 1.165) is 11.1 Å². The Bertz CT molecular complexity index is 1000. The summed E-state index contributed by atoms with van der Waals surface area (Å²) in [5, 5.41) is 3.69. The number of rotatable bonds is 3. The van der Waals surface area contributed by atoms with E-state index < -0.39 is 0 Å². The van der Waals surface area contributed by atoms with Crippen LogP contribution in [0.15, 0.2) is 33.7 Å². The fraction of sp³-hybridized carbons (Fsp3) is 0.235. The van der Waals surface area contributed by atoms with Crippen LogP contribution in [0.25, 0.3) is 11.1 Å². The number of carbonyl (C=O) groups excluding carboxylic acids is 1. The molecule has 0 aliphatic carbocycles. The van der Waals surface area contributed by atoms with E-state index in [9.17, 15) is 9.59 Å². The second kappa shape index (κ2) is 6.13. The topological polar surface area (TPSA) is 77.1 Å². The van der Waals surface area contributed by atoms with Gasteiger partial charge in [-0.2, -0.15) is 0 Å². The predicted molar refractivity (Wildman–Crippen MR) is 92.6 cm³/mol. The number of hydrogen-bond donors (Lipinski definition) is 1. The highest BCUT2D eigenvalue weighted by molar-refractivity contribution is 6.31. The summed E-state index contributed by atoms with van der Waals surface area (Å²) in [6.45, 7) is 5.30. The van der Waals surface area contributed by atoms with Crippen molar-refractivity contribution in [3.8, 4) is 0 Å². The smallest absolute Gasteiger partial charge is 0.265 e. The van der Waals surface area contributed by atoms with Gasteiger partial charge in [0.25, 0.3) is 5.56 Å². The highest BCUT2D eigenvalue weighted by Crippen LogP contribution is 2.20. The minimum Gasteiger partial charge on any atom is -0.443 e. The zero-order chi connectivity index (χ0) is 17.4. The number of anilines is 1. The first-order chi connectivity index (χ1) is 11.4. The molecule has 0 saturated carbocycles. The summed E-state index contributed by atoms with van der Waals surface area (Å²) in [7, 11) is 0. The van der Waals surface area contributed by atoms with Crippen molar-refractivity contribution in [2.75, 3.05) is 5.32 Å². The van der Waals surface area contributed by atoms with E-state index in [2.05, 4.69) is 10.3 Å². The Morgan fingerprint density at radius 3 is 2.79 bits per heavy atom. The van der Waals surface area contributed by atoms with Crippen molar-refractivity contribution in [1.29, 1.82) is 0 Å². The molecule has 1 aromatic carbocycles. The van der Waals surface area contributed by atoms with Crippen molar-refractivity contribution in [2.45, 2.75) is 27.3 Å². The molecule has 24 heavy (non-hydrogen) atoms. The summed E-state index contributed by atoms with van der Waals surface area (Å²) in [5.74, 6) is 0.308. The number of hydrogen-bond acceptors (Lipinski definition) is 4. The van der Waals surface area contributed by atoms with Gasteiger partial charge < -0.3 is 9.73 Å². The zero-order valence-electron chi connectivity index (χ0n) is 13.5. The minimum atomic E-state index is -0.337. The summed E-state index contributed by atoms with van der Waals surface area (Å²) >= 11 is 6.04. The molecule has 0 saturated heterocycles. The Morgan fingerprint density at radius 2 is 2.08 bits per heavy atom. The number of benzene rings is 1. The first-order valence-corrected chi connectivity index (χ1v) is 7.75. The third-order valence-corrected chi connectivity index (χ3v) is 4.33. The lowest BCUT2D eigenvalue weighted by molar-refractivity contribution is -0.116. The average molecular weight is 346 g/mol. The molecule has 7 heteroatoms. The fourth-order valence-corrected chi connectivity index (χ4v) is 2.59. The summed E-state index contributed by atoms with van der Waals surface area (Å²) < 4.78 is 6.68. The van der Waals surface area contributed by atoms with E-state index in [1.807, 2.05) is 13.0 Å². The summed E-state index contributed by atoms with van der Waals surface area (Å²) in [4.78, 5) is 28.8. The van der Waals surface area contributed by atoms with Gasteiger partial charge in [-0.05, 0) is 38.5 Å². The van der Waals surface area contributed by atoms with Crippen molar-refractivity contribution in [2.24, 2.45) is 0 Å². The average Bonchev–Trinajstić information content (AvgIpc) is 2.81. The number of nitrogens with one attached hydrogen (secondary N) is 1. The second-order valence-electron chi connectivity index (χ2n) is 5.65. The lowest BCUT2D eigenvalue weighted by Gasteiger charge is -2.08. The van der Waals surface area contributed by atoms with Crippen LogP contribution in [0.4, 0.5) is 5.69 Å². The number of aromatic nitrogens is 2. The maximum atomic E-state index is 12.5. The number of furan rings is 1. The number of fused-ring (bicyclic) bond motifs is 1. The van der Waals surface area contributed by atoms with Gasteiger partial charge >= 0.3 is 0 Å². The molecule has 1 amide bonds. The van der Waals surface area contributed by atoms with Gasteiger partial charge in [-0.1, -0.05) is 17.7 Å². The fourth-order valence-electron chi connectivity index (χ4n) is 2.41. The van der Waals surface area contributed by atoms with Crippen LogP contribution in [0.5, 0.6) is 0 Å². The van der Waals surface area contributed by atoms with Crippen LogP contribution < -0.4 is 10.9 Å². The minimum absolute atomic E-state index is 0.142. The van der Waals surface area contributed by atoms with Gasteiger partial charge in [0.1, 0.15) is 24.0 Å². The van der Waals surface area contributed by atoms with Gasteiger partial charge in [-0.3, -0.25) is 14.2 Å². The van der Waals surface area contributed by atoms with Gasteiger partial charge in [0.05, 0.1) is 0 Å². The lowest BCUT2D eigenvalue weighted by Crippen LogP contribution is -2.27. The van der Waals surface area contributed by atoms with Crippen molar-refractivity contribution in [1.82, 2.24) is 9.55 Å². The molecule has 1 N–H and O–H groups in total. The van der Waals surface area contributed by atoms with Crippen molar-refractivity contribution in [3.05, 3.63) is 56.8 Å². The number of nitrogens with zero attached hydrogens (tertiary/aromatic N) is 2. The van der Waals surface area contributed by atoms with Crippen LogP contribution >= 0.6 is 11.6 Å². The molecule has 124 valence electrons. The van der Waals surface area contributed by atoms with Gasteiger partial charge in [0.15, 0.2) is 0 Å². The second-order valence-corrected chi connectivity index (χ2v) is 6.06. The Balaban J connectivity index is 1.85. The number of halogens is 1. The molecule has 2 aromatic heterocycles. The van der Waals surface area contributed by atoms with E-state index in [1.54, 1.807) is 26.0 Å². The number of carbonyl (C=O) groups is 1. The molecule has 0 aliphatic rings. The van der Waals surface area contributed by atoms with Crippen LogP contribution in [-0.2, 0) is 11.3 Å². The van der Waals surface area contributed by atoms with Gasteiger partial charge in [0.2, 0.25) is 11.6 Å². The summed E-state index contributed by atoms with van der Waals surface area (Å²) in [6.07, 6.45) is 1.31. The van der Waals surface area contributed by atoms with Crippen LogP contribution in [0.1, 0.15) is 16.9 Å². The third-order valence-electron chi connectivity index (χ3n) is 3.93. The SMILES string of the molecule is Cc1ccc(NC(=O)Cn2cnc3oc(C)c(C)c3c2=O)cc1Cl. The molecule has 3 aromatic rings. The summed E-state index contributed by atoms with van der Waals surface area (Å²) in [5.41, 5.74) is 2.23. The predicted octanol–water partition coefficient (Wildman–Crippen LogP) is 3.21. The molecular formula is C17H16ClN3O3. The van der Waals surface area contributed by atoms with E-state index >= 15 is 0 Å². The van der Waals surface area contributed by atoms with E-state index in [4.69, 9.17) is 16.0 Å². The van der Waals surface area contributed by atoms with Crippen LogP contribution in [0, 0.1) is 20.8 Å². The molecule has 6 nitrogen and oxygen atoms in total. The number of aryl methyl sites for hydroxylation is 3. The molecule has 0 bridgehead atoms. The Morgan fingerprint density at radius 1 is 1.33 bits per heavy atom. The van der Waals surface area contributed by atoms with Crippen LogP contribution in [0.2, 0.25) is 5.02 Å². The monoisotopic (exact) mass is 345 g/mol. The maximum absolute atomic E-state index is 12.5. The van der Waals surface area contributed by atoms with Crippen molar-refractivity contribution < 1.29 is 9.21 Å². The molecule has 2 heterocycles. The summed E-state index contributed by atoms with van der Waals surface area (Å²) in [6, 6.07) is 5.24. The van der Waals surface area contributed by atoms with Gasteiger partial charge in [-0.15, -0.1) is 0 Å². The van der Waals surface area contributed by atoms with E-state index in [0.29, 0.717) is 21.9 Å². The highest BCUT2D eigenvalue weighted by atomic mass is 35.5. The van der Waals surface area contributed by atoms with E-state index in [1.165, 1.54) is 10.9 Å². The van der Waals surface area contributed by atoms with Crippen LogP contribution in [0.3, 0.4) is 0 Å². The van der Waals surface area contributed by atoms with Crippen molar-refractivity contribution >= 4 is 34.3 Å². The quantitative estimate of drug-likeness (QED) is 0.790. The van der Waals surface area contributed by atoms with Crippen LogP contribution in [-0.4, -0.2) is 15.5 Å². The molecule has 0 atom stereocenters. The molecule has 0 aliphatic heterocycles. The van der Waals surface area contributed by atoms with Gasteiger partial charge in [0, 0.05) is 16.3 Å². The lowest BCUT2D eigenvalue weighted by atomic mass is 10.2. The molecular weight excluding hydrogens is 330 g/mol. The van der Waals surface area contributed by atoms with Gasteiger partial charge in [-0.25, -0.2) is 4.98 Å². The third kappa shape index (κ3) is 2.92. The number of amides is 1. The normalized spacial score (nSPS) is 11.0. The van der Waals surface area contributed by atoms with E-state index in [-0.39, 0.29) is 23.7 Å². The molecule has 0 spiro atoms. The first-order valence-electron chi connectivity index (χ1n) is 7.38. The standard InChI is InChI=1S/C17H16ClN3O3/c1-9-4-5-12(6-13(9)18)20-14(22)7-21-8-19-16-15(17(21)23)10(2)11(3)24-16/h4-6,8H,7H2,1-3H3,(H,20,22). The highest BCUT2D eigenvalue weighted by Gasteiger charge is 2.15. The Hall–Kier alpha value is -2.60. The Labute approximate surface area is 143 Å². The first kappa shape index (κ1) is 16.3. The molecule has 0 unspecified atom stereocenters. The zero-order valence-corrected chi connectivity index (χ0v) is 14.3. The Kier molecular flexibility index (Phi) is 4.15. The molecule has 0 radical (unpaired) electrons.